The Morgan fingerprint density at radius 2 is 1.82 bits per heavy atom. The van der Waals surface area contributed by atoms with Crippen molar-refractivity contribution in [3.63, 3.8) is 0 Å². The first-order valence-electron chi connectivity index (χ1n) is 9.03. The van der Waals surface area contributed by atoms with Gasteiger partial charge in [0.2, 0.25) is 10.0 Å². The van der Waals surface area contributed by atoms with E-state index in [1.54, 1.807) is 0 Å². The summed E-state index contributed by atoms with van der Waals surface area (Å²) in [6, 6.07) is 13.2. The monoisotopic (exact) mass is 421 g/mol. The number of halogens is 1. The number of sulfonamides is 1. The van der Waals surface area contributed by atoms with Crippen molar-refractivity contribution in [1.82, 2.24) is 9.62 Å². The summed E-state index contributed by atoms with van der Waals surface area (Å²) in [7, 11) is -3.73. The molecule has 0 aromatic heterocycles. The van der Waals surface area contributed by atoms with Crippen LogP contribution in [-0.4, -0.2) is 39.6 Å². The van der Waals surface area contributed by atoms with Crippen molar-refractivity contribution in [3.8, 4) is 11.8 Å². The number of benzene rings is 2. The summed E-state index contributed by atoms with van der Waals surface area (Å²) in [4.78, 5) is 2.30. The summed E-state index contributed by atoms with van der Waals surface area (Å²) in [6.45, 7) is 7.82. The molecule has 0 saturated heterocycles. The zero-order chi connectivity index (χ0) is 20.6. The summed E-state index contributed by atoms with van der Waals surface area (Å²) >= 11 is 5.92. The molecule has 0 radical (unpaired) electrons. The highest BCUT2D eigenvalue weighted by Gasteiger charge is 2.15. The Morgan fingerprint density at radius 1 is 1.14 bits per heavy atom. The van der Waals surface area contributed by atoms with Crippen molar-refractivity contribution in [3.05, 3.63) is 58.6 Å². The number of rotatable bonds is 10. The standard InChI is InChI=1S/C20H24ClN3O3S/c1-3-24(4-2)11-12-27-18-8-5-16(6-9-18)15-23-28(25,26)19-10-7-17(14-22)20(21)13-19/h5-10,13,23H,3-4,11-12,15H2,1-2H3. The topological polar surface area (TPSA) is 82.4 Å². The molecule has 2 aromatic carbocycles. The van der Waals surface area contributed by atoms with Crippen LogP contribution in [0.1, 0.15) is 25.0 Å². The van der Waals surface area contributed by atoms with E-state index < -0.39 is 10.0 Å². The third kappa shape index (κ3) is 6.21. The molecule has 0 spiro atoms. The maximum Gasteiger partial charge on any atom is 0.240 e. The average Bonchev–Trinajstić information content (AvgIpc) is 2.70. The van der Waals surface area contributed by atoms with E-state index in [0.717, 1.165) is 30.9 Å². The average molecular weight is 422 g/mol. The molecule has 0 aliphatic carbocycles. The number of nitriles is 1. The van der Waals surface area contributed by atoms with Crippen molar-refractivity contribution >= 4 is 21.6 Å². The molecule has 6 nitrogen and oxygen atoms in total. The van der Waals surface area contributed by atoms with E-state index in [4.69, 9.17) is 21.6 Å². The first kappa shape index (κ1) is 22.2. The quantitative estimate of drug-likeness (QED) is 0.635. The van der Waals surface area contributed by atoms with Gasteiger partial charge in [-0.2, -0.15) is 5.26 Å². The van der Waals surface area contributed by atoms with Gasteiger partial charge in [-0.05, 0) is 49.0 Å². The van der Waals surface area contributed by atoms with Gasteiger partial charge in [0.1, 0.15) is 18.4 Å². The van der Waals surface area contributed by atoms with Gasteiger partial charge in [0.15, 0.2) is 0 Å². The van der Waals surface area contributed by atoms with Crippen LogP contribution in [0.5, 0.6) is 5.75 Å². The molecule has 0 aliphatic heterocycles. The lowest BCUT2D eigenvalue weighted by Gasteiger charge is -2.18. The largest absolute Gasteiger partial charge is 0.492 e. The van der Waals surface area contributed by atoms with Crippen LogP contribution in [0.15, 0.2) is 47.4 Å². The molecule has 0 unspecified atom stereocenters. The summed E-state index contributed by atoms with van der Waals surface area (Å²) in [5.74, 6) is 0.748. The summed E-state index contributed by atoms with van der Waals surface area (Å²) in [5, 5.41) is 8.99. The molecule has 0 fully saturated rings. The maximum atomic E-state index is 12.4. The Hall–Kier alpha value is -2.11. The van der Waals surface area contributed by atoms with Crippen molar-refractivity contribution in [2.75, 3.05) is 26.2 Å². The van der Waals surface area contributed by atoms with Crippen molar-refractivity contribution < 1.29 is 13.2 Å². The number of nitrogens with one attached hydrogen (secondary N) is 1. The van der Waals surface area contributed by atoms with E-state index in [-0.39, 0.29) is 22.0 Å². The van der Waals surface area contributed by atoms with Gasteiger partial charge >= 0.3 is 0 Å². The highest BCUT2D eigenvalue weighted by molar-refractivity contribution is 7.89. The van der Waals surface area contributed by atoms with Crippen LogP contribution >= 0.6 is 11.6 Å². The van der Waals surface area contributed by atoms with Gasteiger partial charge in [0.25, 0.3) is 0 Å². The molecule has 0 atom stereocenters. The molecule has 8 heteroatoms. The smallest absolute Gasteiger partial charge is 0.240 e. The predicted octanol–water partition coefficient (Wildman–Crippen LogP) is 3.41. The number of likely N-dealkylation sites (N-methyl/N-ethyl adjacent to an activating group) is 1. The lowest BCUT2D eigenvalue weighted by atomic mass is 10.2. The second kappa shape index (κ2) is 10.4. The van der Waals surface area contributed by atoms with Crippen LogP contribution in [0.4, 0.5) is 0 Å². The van der Waals surface area contributed by atoms with Gasteiger partial charge in [-0.15, -0.1) is 0 Å². The van der Waals surface area contributed by atoms with E-state index in [1.165, 1.54) is 18.2 Å². The van der Waals surface area contributed by atoms with Gasteiger partial charge in [-0.3, -0.25) is 0 Å². The second-order valence-electron chi connectivity index (χ2n) is 6.10. The molecule has 0 amide bonds. The first-order valence-corrected chi connectivity index (χ1v) is 10.9. The van der Waals surface area contributed by atoms with E-state index >= 15 is 0 Å². The Kier molecular flexibility index (Phi) is 8.27. The lowest BCUT2D eigenvalue weighted by Crippen LogP contribution is -2.27. The fourth-order valence-electron chi connectivity index (χ4n) is 2.55. The van der Waals surface area contributed by atoms with Crippen LogP contribution in [0, 0.1) is 11.3 Å². The van der Waals surface area contributed by atoms with Crippen molar-refractivity contribution in [2.45, 2.75) is 25.3 Å². The van der Waals surface area contributed by atoms with E-state index in [0.29, 0.717) is 6.61 Å². The van der Waals surface area contributed by atoms with Crippen LogP contribution in [0.25, 0.3) is 0 Å². The third-order valence-electron chi connectivity index (χ3n) is 4.33. The molecule has 2 aromatic rings. The fraction of sp³-hybridized carbons (Fsp3) is 0.350. The highest BCUT2D eigenvalue weighted by atomic mass is 35.5. The molecule has 0 saturated carbocycles. The normalized spacial score (nSPS) is 11.4. The van der Waals surface area contributed by atoms with Crippen molar-refractivity contribution in [2.24, 2.45) is 0 Å². The minimum Gasteiger partial charge on any atom is -0.492 e. The van der Waals surface area contributed by atoms with E-state index in [1.807, 2.05) is 30.3 Å². The number of hydrogen-bond acceptors (Lipinski definition) is 5. The molecular formula is C20H24ClN3O3S. The first-order chi connectivity index (χ1) is 13.4. The Bertz CT molecular complexity index is 921. The summed E-state index contributed by atoms with van der Waals surface area (Å²) in [6.07, 6.45) is 0. The minimum absolute atomic E-state index is 0.0212. The summed E-state index contributed by atoms with van der Waals surface area (Å²) < 4.78 is 33.1. The third-order valence-corrected chi connectivity index (χ3v) is 6.04. The second-order valence-corrected chi connectivity index (χ2v) is 8.27. The number of nitrogens with zero attached hydrogens (tertiary/aromatic N) is 2. The Morgan fingerprint density at radius 3 is 2.39 bits per heavy atom. The minimum atomic E-state index is -3.73. The zero-order valence-electron chi connectivity index (χ0n) is 16.0. The van der Waals surface area contributed by atoms with E-state index in [2.05, 4.69) is 23.5 Å². The van der Waals surface area contributed by atoms with Crippen LogP contribution in [0.2, 0.25) is 5.02 Å². The SMILES string of the molecule is CCN(CC)CCOc1ccc(CNS(=O)(=O)c2ccc(C#N)c(Cl)c2)cc1. The number of ether oxygens (including phenoxy) is 1. The Labute approximate surface area is 171 Å². The molecule has 150 valence electrons. The molecule has 1 N–H and O–H groups in total. The molecule has 28 heavy (non-hydrogen) atoms. The fourth-order valence-corrected chi connectivity index (χ4v) is 3.88. The Balaban J connectivity index is 1.92. The van der Waals surface area contributed by atoms with Crippen LogP contribution in [0.3, 0.4) is 0 Å². The van der Waals surface area contributed by atoms with Gasteiger partial charge in [-0.1, -0.05) is 37.6 Å². The molecule has 0 aliphatic rings. The molecule has 0 heterocycles. The number of hydrogen-bond donors (Lipinski definition) is 1. The molecular weight excluding hydrogens is 398 g/mol. The van der Waals surface area contributed by atoms with E-state index in [9.17, 15) is 8.42 Å². The lowest BCUT2D eigenvalue weighted by molar-refractivity contribution is 0.223. The molecule has 2 rings (SSSR count). The van der Waals surface area contributed by atoms with Gasteiger partial charge in [0.05, 0.1) is 15.5 Å². The summed E-state index contributed by atoms with van der Waals surface area (Å²) in [5.41, 5.74) is 1.04. The van der Waals surface area contributed by atoms with Gasteiger partial charge in [-0.25, -0.2) is 13.1 Å². The van der Waals surface area contributed by atoms with Crippen molar-refractivity contribution in [1.29, 1.82) is 5.26 Å². The molecule has 0 bridgehead atoms. The van der Waals surface area contributed by atoms with Crippen LogP contribution < -0.4 is 9.46 Å². The van der Waals surface area contributed by atoms with Gasteiger partial charge < -0.3 is 9.64 Å². The predicted molar refractivity (Wildman–Crippen MR) is 110 cm³/mol. The van der Waals surface area contributed by atoms with Crippen LogP contribution in [-0.2, 0) is 16.6 Å². The van der Waals surface area contributed by atoms with Gasteiger partial charge in [0, 0.05) is 13.1 Å². The zero-order valence-corrected chi connectivity index (χ0v) is 17.6. The maximum absolute atomic E-state index is 12.4. The highest BCUT2D eigenvalue weighted by Crippen LogP contribution is 2.20.